The third kappa shape index (κ3) is 5.45. The van der Waals surface area contributed by atoms with Crippen LogP contribution in [-0.4, -0.2) is 28.8 Å². The van der Waals surface area contributed by atoms with Crippen molar-refractivity contribution in [3.63, 3.8) is 0 Å². The summed E-state index contributed by atoms with van der Waals surface area (Å²) >= 11 is 0. The van der Waals surface area contributed by atoms with Crippen LogP contribution in [0, 0.1) is 0 Å². The van der Waals surface area contributed by atoms with Crippen LogP contribution in [0.1, 0.15) is 66.2 Å². The number of benzene rings is 1. The molecule has 0 amide bonds. The van der Waals surface area contributed by atoms with E-state index in [-0.39, 0.29) is 12.2 Å². The van der Waals surface area contributed by atoms with E-state index in [4.69, 9.17) is 9.84 Å². The minimum atomic E-state index is -1.35. The highest BCUT2D eigenvalue weighted by Crippen LogP contribution is 2.21. The molecule has 0 saturated heterocycles. The highest BCUT2D eigenvalue weighted by atomic mass is 16.5. The molecule has 0 fully saturated rings. The van der Waals surface area contributed by atoms with Gasteiger partial charge in [-0.25, -0.2) is 9.59 Å². The maximum atomic E-state index is 11.9. The number of carboxylic acids is 1. The first kappa shape index (κ1) is 17.0. The largest absolute Gasteiger partial charge is 0.507 e. The molecule has 116 valence electrons. The summed E-state index contributed by atoms with van der Waals surface area (Å²) in [6.45, 7) is 2.41. The predicted octanol–water partition coefficient (Wildman–Crippen LogP) is 3.61. The zero-order valence-corrected chi connectivity index (χ0v) is 12.3. The van der Waals surface area contributed by atoms with Gasteiger partial charge >= 0.3 is 11.9 Å². The Bertz CT molecular complexity index is 482. The van der Waals surface area contributed by atoms with Crippen LogP contribution in [0.2, 0.25) is 0 Å². The van der Waals surface area contributed by atoms with Gasteiger partial charge in [-0.2, -0.15) is 0 Å². The van der Waals surface area contributed by atoms with Gasteiger partial charge in [0.2, 0.25) is 0 Å². The minimum absolute atomic E-state index is 0.117. The summed E-state index contributed by atoms with van der Waals surface area (Å²) in [5, 5.41) is 18.5. The molecule has 0 aliphatic carbocycles. The fraction of sp³-hybridized carbons (Fsp3) is 0.500. The quantitative estimate of drug-likeness (QED) is 0.537. The van der Waals surface area contributed by atoms with Gasteiger partial charge in [-0.1, -0.05) is 45.1 Å². The van der Waals surface area contributed by atoms with Crippen LogP contribution in [0.3, 0.4) is 0 Å². The Hall–Kier alpha value is -2.04. The molecule has 0 bridgehead atoms. The molecule has 5 heteroatoms. The smallest absolute Gasteiger partial charge is 0.340 e. The summed E-state index contributed by atoms with van der Waals surface area (Å²) in [6.07, 6.45) is 6.43. The van der Waals surface area contributed by atoms with Crippen LogP contribution >= 0.6 is 0 Å². The number of aromatic carboxylic acids is 1. The van der Waals surface area contributed by atoms with Crippen LogP contribution in [0.5, 0.6) is 5.75 Å². The summed E-state index contributed by atoms with van der Waals surface area (Å²) in [6, 6.07) is 3.99. The first-order valence-corrected chi connectivity index (χ1v) is 7.30. The molecule has 0 spiro atoms. The monoisotopic (exact) mass is 294 g/mol. The molecule has 0 saturated carbocycles. The van der Waals surface area contributed by atoms with Crippen molar-refractivity contribution in [3.05, 3.63) is 29.3 Å². The molecule has 1 aromatic rings. The Morgan fingerprint density at radius 1 is 1.10 bits per heavy atom. The minimum Gasteiger partial charge on any atom is -0.507 e. The van der Waals surface area contributed by atoms with E-state index in [2.05, 4.69) is 6.92 Å². The van der Waals surface area contributed by atoms with Crippen LogP contribution in [0.4, 0.5) is 0 Å². The zero-order chi connectivity index (χ0) is 15.7. The van der Waals surface area contributed by atoms with Gasteiger partial charge in [-0.3, -0.25) is 0 Å². The van der Waals surface area contributed by atoms with Gasteiger partial charge in [0.15, 0.2) is 0 Å². The molecule has 2 N–H and O–H groups in total. The zero-order valence-electron chi connectivity index (χ0n) is 12.3. The lowest BCUT2D eigenvalue weighted by molar-refractivity contribution is 0.0486. The van der Waals surface area contributed by atoms with Gasteiger partial charge in [0.05, 0.1) is 12.2 Å². The molecule has 5 nitrogen and oxygen atoms in total. The van der Waals surface area contributed by atoms with E-state index in [0.29, 0.717) is 0 Å². The van der Waals surface area contributed by atoms with Gasteiger partial charge in [0, 0.05) is 0 Å². The number of hydrogen-bond acceptors (Lipinski definition) is 4. The number of rotatable bonds is 9. The lowest BCUT2D eigenvalue weighted by atomic mass is 10.1. The highest BCUT2D eigenvalue weighted by molar-refractivity contribution is 6.04. The second kappa shape index (κ2) is 9.00. The molecule has 1 aromatic carbocycles. The van der Waals surface area contributed by atoms with Gasteiger partial charge in [0.25, 0.3) is 0 Å². The summed E-state index contributed by atoms with van der Waals surface area (Å²) in [4.78, 5) is 22.9. The standard InChI is InChI=1S/C16H22O5/c1-2-3-4-5-6-7-11-21-16(20)12-9-8-10-13(17)14(12)15(18)19/h8-10,17H,2-7,11H2,1H3,(H,18,19). The molecule has 0 radical (unpaired) electrons. The number of esters is 1. The molecule has 0 aliphatic rings. The molecule has 0 heterocycles. The third-order valence-electron chi connectivity index (χ3n) is 3.21. The Kier molecular flexibility index (Phi) is 7.29. The lowest BCUT2D eigenvalue weighted by Gasteiger charge is -2.08. The Morgan fingerprint density at radius 3 is 2.43 bits per heavy atom. The maximum absolute atomic E-state index is 11.9. The molecule has 0 atom stereocenters. The fourth-order valence-corrected chi connectivity index (χ4v) is 2.06. The average molecular weight is 294 g/mol. The van der Waals surface area contributed by atoms with Crippen molar-refractivity contribution < 1.29 is 24.5 Å². The lowest BCUT2D eigenvalue weighted by Crippen LogP contribution is -2.12. The van der Waals surface area contributed by atoms with Gasteiger partial charge in [0.1, 0.15) is 11.3 Å². The predicted molar refractivity (Wildman–Crippen MR) is 78.7 cm³/mol. The van der Waals surface area contributed by atoms with E-state index in [9.17, 15) is 14.7 Å². The number of phenols is 1. The van der Waals surface area contributed by atoms with Crippen molar-refractivity contribution in [2.24, 2.45) is 0 Å². The first-order valence-electron chi connectivity index (χ1n) is 7.30. The van der Waals surface area contributed by atoms with Crippen LogP contribution < -0.4 is 0 Å². The van der Waals surface area contributed by atoms with E-state index in [1.807, 2.05) is 0 Å². The van der Waals surface area contributed by atoms with Crippen LogP contribution in [0.15, 0.2) is 18.2 Å². The Morgan fingerprint density at radius 2 is 1.76 bits per heavy atom. The number of aromatic hydroxyl groups is 1. The summed E-state index contributed by atoms with van der Waals surface area (Å²) in [5.41, 5.74) is -0.529. The average Bonchev–Trinajstić information content (AvgIpc) is 2.45. The third-order valence-corrected chi connectivity index (χ3v) is 3.21. The van der Waals surface area contributed by atoms with E-state index in [1.54, 1.807) is 0 Å². The van der Waals surface area contributed by atoms with E-state index in [0.717, 1.165) is 19.3 Å². The van der Waals surface area contributed by atoms with E-state index < -0.39 is 23.3 Å². The molecular weight excluding hydrogens is 272 g/mol. The second-order valence-electron chi connectivity index (χ2n) is 4.91. The Labute approximate surface area is 124 Å². The van der Waals surface area contributed by atoms with Crippen molar-refractivity contribution in [2.75, 3.05) is 6.61 Å². The van der Waals surface area contributed by atoms with E-state index >= 15 is 0 Å². The van der Waals surface area contributed by atoms with Gasteiger partial charge < -0.3 is 14.9 Å². The highest BCUT2D eigenvalue weighted by Gasteiger charge is 2.21. The second-order valence-corrected chi connectivity index (χ2v) is 4.91. The van der Waals surface area contributed by atoms with Crippen molar-refractivity contribution in [2.45, 2.75) is 45.4 Å². The van der Waals surface area contributed by atoms with Crippen LogP contribution in [0.25, 0.3) is 0 Å². The number of ether oxygens (including phenoxy) is 1. The Balaban J connectivity index is 2.46. The van der Waals surface area contributed by atoms with Gasteiger partial charge in [-0.05, 0) is 18.6 Å². The van der Waals surface area contributed by atoms with Crippen molar-refractivity contribution >= 4 is 11.9 Å². The van der Waals surface area contributed by atoms with Crippen LogP contribution in [-0.2, 0) is 4.74 Å². The number of carbonyl (C=O) groups is 2. The van der Waals surface area contributed by atoms with Crippen molar-refractivity contribution in [1.82, 2.24) is 0 Å². The first-order chi connectivity index (χ1) is 10.1. The van der Waals surface area contributed by atoms with E-state index in [1.165, 1.54) is 37.5 Å². The summed E-state index contributed by atoms with van der Waals surface area (Å²) in [7, 11) is 0. The molecule has 0 aromatic heterocycles. The molecule has 0 aliphatic heterocycles. The molecular formula is C16H22O5. The number of carboxylic acid groups (broad SMARTS) is 1. The molecule has 1 rings (SSSR count). The SMILES string of the molecule is CCCCCCCCOC(=O)c1cccc(O)c1C(=O)O. The molecule has 0 unspecified atom stereocenters. The summed E-state index contributed by atoms with van der Waals surface area (Å²) in [5.74, 6) is -2.49. The normalized spacial score (nSPS) is 10.3. The fourth-order valence-electron chi connectivity index (χ4n) is 2.06. The summed E-state index contributed by atoms with van der Waals surface area (Å²) < 4.78 is 5.07. The van der Waals surface area contributed by atoms with Crippen molar-refractivity contribution in [3.8, 4) is 5.75 Å². The molecule has 21 heavy (non-hydrogen) atoms. The topological polar surface area (TPSA) is 83.8 Å². The number of unbranched alkanes of at least 4 members (excludes halogenated alkanes) is 5. The maximum Gasteiger partial charge on any atom is 0.340 e. The van der Waals surface area contributed by atoms with Gasteiger partial charge in [-0.15, -0.1) is 0 Å². The number of carbonyl (C=O) groups excluding carboxylic acids is 1. The van der Waals surface area contributed by atoms with Crippen molar-refractivity contribution in [1.29, 1.82) is 0 Å². The number of hydrogen-bond donors (Lipinski definition) is 2.